The first kappa shape index (κ1) is 12.1. The third-order valence-electron chi connectivity index (χ3n) is 3.28. The normalized spacial score (nSPS) is 14.1. The van der Waals surface area contributed by atoms with Crippen LogP contribution in [0.1, 0.15) is 24.2 Å². The maximum absolute atomic E-state index is 9.26. The predicted octanol–water partition coefficient (Wildman–Crippen LogP) is 3.97. The van der Waals surface area contributed by atoms with Crippen molar-refractivity contribution in [2.75, 3.05) is 4.90 Å². The van der Waals surface area contributed by atoms with Crippen molar-refractivity contribution in [1.29, 1.82) is 5.26 Å². The Morgan fingerprint density at radius 2 is 2.21 bits per heavy atom. The van der Waals surface area contributed by atoms with E-state index in [2.05, 4.69) is 11.0 Å². The standard InChI is InChI=1S/C15H13ClN2O/c16-12-3-6-15(11(8-12)9-17)18(13-4-5-13)10-14-2-1-7-19-14/h1-3,6-8,13H,4-5,10H2. The number of anilines is 1. The molecule has 0 N–H and O–H groups in total. The molecule has 0 radical (unpaired) electrons. The Morgan fingerprint density at radius 1 is 1.37 bits per heavy atom. The van der Waals surface area contributed by atoms with Gasteiger partial charge in [-0.15, -0.1) is 0 Å². The zero-order valence-electron chi connectivity index (χ0n) is 10.3. The summed E-state index contributed by atoms with van der Waals surface area (Å²) in [5, 5.41) is 9.85. The van der Waals surface area contributed by atoms with Crippen LogP contribution in [-0.2, 0) is 6.54 Å². The van der Waals surface area contributed by atoms with Crippen molar-refractivity contribution in [3.05, 3.63) is 52.9 Å². The van der Waals surface area contributed by atoms with Gasteiger partial charge in [0.15, 0.2) is 0 Å². The molecule has 2 aromatic rings. The Hall–Kier alpha value is -1.92. The average Bonchev–Trinajstić information content (AvgIpc) is 3.13. The molecule has 0 unspecified atom stereocenters. The highest BCUT2D eigenvalue weighted by atomic mass is 35.5. The third-order valence-corrected chi connectivity index (χ3v) is 3.52. The summed E-state index contributed by atoms with van der Waals surface area (Å²) in [5.74, 6) is 0.908. The Bertz CT molecular complexity index is 612. The molecule has 3 rings (SSSR count). The number of halogens is 1. The summed E-state index contributed by atoms with van der Waals surface area (Å²) >= 11 is 5.95. The van der Waals surface area contributed by atoms with Crippen LogP contribution in [-0.4, -0.2) is 6.04 Å². The van der Waals surface area contributed by atoms with Crippen molar-refractivity contribution in [2.45, 2.75) is 25.4 Å². The fraction of sp³-hybridized carbons (Fsp3) is 0.267. The van der Waals surface area contributed by atoms with Crippen LogP contribution in [0.2, 0.25) is 5.02 Å². The highest BCUT2D eigenvalue weighted by molar-refractivity contribution is 6.30. The molecule has 0 spiro atoms. The summed E-state index contributed by atoms with van der Waals surface area (Å²) in [6, 6.07) is 12.0. The second-order valence-electron chi connectivity index (χ2n) is 4.71. The minimum absolute atomic E-state index is 0.498. The second-order valence-corrected chi connectivity index (χ2v) is 5.15. The topological polar surface area (TPSA) is 40.2 Å². The van der Waals surface area contributed by atoms with Crippen LogP contribution in [0.25, 0.3) is 0 Å². The minimum atomic E-state index is 0.498. The second kappa shape index (κ2) is 4.99. The van der Waals surface area contributed by atoms with E-state index in [-0.39, 0.29) is 0 Å². The lowest BCUT2D eigenvalue weighted by atomic mass is 10.1. The van der Waals surface area contributed by atoms with Gasteiger partial charge in [0.25, 0.3) is 0 Å². The number of nitrogens with zero attached hydrogens (tertiary/aromatic N) is 2. The lowest BCUT2D eigenvalue weighted by Crippen LogP contribution is -2.25. The van der Waals surface area contributed by atoms with Gasteiger partial charge in [0, 0.05) is 11.1 Å². The maximum atomic E-state index is 9.26. The number of benzene rings is 1. The molecule has 1 aliphatic rings. The van der Waals surface area contributed by atoms with Crippen LogP contribution >= 0.6 is 11.6 Å². The summed E-state index contributed by atoms with van der Waals surface area (Å²) in [6.07, 6.45) is 4.00. The van der Waals surface area contributed by atoms with Crippen molar-refractivity contribution >= 4 is 17.3 Å². The summed E-state index contributed by atoms with van der Waals surface area (Å²) in [4.78, 5) is 2.23. The smallest absolute Gasteiger partial charge is 0.123 e. The summed E-state index contributed by atoms with van der Waals surface area (Å²) < 4.78 is 5.41. The Balaban J connectivity index is 1.94. The molecule has 0 bridgehead atoms. The first-order valence-electron chi connectivity index (χ1n) is 6.26. The maximum Gasteiger partial charge on any atom is 0.123 e. The molecule has 0 aliphatic heterocycles. The number of hydrogen-bond acceptors (Lipinski definition) is 3. The van der Waals surface area contributed by atoms with Crippen molar-refractivity contribution < 1.29 is 4.42 Å². The number of rotatable bonds is 4. The quantitative estimate of drug-likeness (QED) is 0.845. The van der Waals surface area contributed by atoms with Crippen LogP contribution in [0.5, 0.6) is 0 Å². The van der Waals surface area contributed by atoms with Gasteiger partial charge in [-0.05, 0) is 43.2 Å². The zero-order chi connectivity index (χ0) is 13.2. The molecular formula is C15H13ClN2O. The first-order chi connectivity index (χ1) is 9.28. The molecule has 4 heteroatoms. The molecule has 1 heterocycles. The molecule has 1 aliphatic carbocycles. The van der Waals surface area contributed by atoms with E-state index in [0.29, 0.717) is 23.2 Å². The summed E-state index contributed by atoms with van der Waals surface area (Å²) in [7, 11) is 0. The fourth-order valence-corrected chi connectivity index (χ4v) is 2.39. The SMILES string of the molecule is N#Cc1cc(Cl)ccc1N(Cc1ccco1)C1CC1. The molecule has 96 valence electrons. The fourth-order valence-electron chi connectivity index (χ4n) is 2.22. The molecule has 3 nitrogen and oxygen atoms in total. The predicted molar refractivity (Wildman–Crippen MR) is 74.1 cm³/mol. The van der Waals surface area contributed by atoms with Crippen LogP contribution < -0.4 is 4.90 Å². The van der Waals surface area contributed by atoms with Gasteiger partial charge in [0.1, 0.15) is 11.8 Å². The lowest BCUT2D eigenvalue weighted by molar-refractivity contribution is 0.501. The van der Waals surface area contributed by atoms with Crippen LogP contribution in [0.15, 0.2) is 41.0 Å². The van der Waals surface area contributed by atoms with Crippen LogP contribution in [0, 0.1) is 11.3 Å². The molecule has 0 amide bonds. The van der Waals surface area contributed by atoms with Crippen molar-refractivity contribution in [3.63, 3.8) is 0 Å². The van der Waals surface area contributed by atoms with Gasteiger partial charge in [-0.3, -0.25) is 0 Å². The highest BCUT2D eigenvalue weighted by Crippen LogP contribution is 2.35. The van der Waals surface area contributed by atoms with Crippen LogP contribution in [0.3, 0.4) is 0 Å². The largest absolute Gasteiger partial charge is 0.467 e. The molecule has 1 aromatic carbocycles. The summed E-state index contributed by atoms with van der Waals surface area (Å²) in [5.41, 5.74) is 1.55. The third kappa shape index (κ3) is 2.59. The van der Waals surface area contributed by atoms with Gasteiger partial charge < -0.3 is 9.32 Å². The van der Waals surface area contributed by atoms with E-state index >= 15 is 0 Å². The summed E-state index contributed by atoms with van der Waals surface area (Å²) in [6.45, 7) is 0.688. The number of nitriles is 1. The van der Waals surface area contributed by atoms with Crippen molar-refractivity contribution in [3.8, 4) is 6.07 Å². The minimum Gasteiger partial charge on any atom is -0.467 e. The van der Waals surface area contributed by atoms with E-state index in [9.17, 15) is 5.26 Å². The molecule has 1 aromatic heterocycles. The highest BCUT2D eigenvalue weighted by Gasteiger charge is 2.31. The zero-order valence-corrected chi connectivity index (χ0v) is 11.1. The van der Waals surface area contributed by atoms with E-state index in [1.165, 1.54) is 0 Å². The van der Waals surface area contributed by atoms with Crippen LogP contribution in [0.4, 0.5) is 5.69 Å². The van der Waals surface area contributed by atoms with E-state index < -0.39 is 0 Å². The van der Waals surface area contributed by atoms with E-state index in [0.717, 1.165) is 24.3 Å². The molecule has 1 saturated carbocycles. The number of furan rings is 1. The van der Waals surface area contributed by atoms with Crippen molar-refractivity contribution in [2.24, 2.45) is 0 Å². The Morgan fingerprint density at radius 3 is 2.84 bits per heavy atom. The Kier molecular flexibility index (Phi) is 3.18. The monoisotopic (exact) mass is 272 g/mol. The molecule has 1 fully saturated rings. The lowest BCUT2D eigenvalue weighted by Gasteiger charge is -2.24. The molecule has 0 atom stereocenters. The molecular weight excluding hydrogens is 260 g/mol. The molecule has 0 saturated heterocycles. The van der Waals surface area contributed by atoms with E-state index in [1.54, 1.807) is 12.3 Å². The average molecular weight is 273 g/mol. The van der Waals surface area contributed by atoms with Gasteiger partial charge in [-0.2, -0.15) is 5.26 Å². The first-order valence-corrected chi connectivity index (χ1v) is 6.64. The van der Waals surface area contributed by atoms with E-state index in [1.807, 2.05) is 24.3 Å². The van der Waals surface area contributed by atoms with Crippen molar-refractivity contribution in [1.82, 2.24) is 0 Å². The Labute approximate surface area is 117 Å². The van der Waals surface area contributed by atoms with E-state index in [4.69, 9.17) is 16.0 Å². The van der Waals surface area contributed by atoms with Gasteiger partial charge in [-0.25, -0.2) is 0 Å². The van der Waals surface area contributed by atoms with Gasteiger partial charge in [-0.1, -0.05) is 11.6 Å². The molecule has 19 heavy (non-hydrogen) atoms. The van der Waals surface area contributed by atoms with Gasteiger partial charge in [0.05, 0.1) is 24.1 Å². The van der Waals surface area contributed by atoms with Gasteiger partial charge in [0.2, 0.25) is 0 Å². The number of hydrogen-bond donors (Lipinski definition) is 0. The van der Waals surface area contributed by atoms with Gasteiger partial charge >= 0.3 is 0 Å².